The first-order valence-electron chi connectivity index (χ1n) is 10.4. The summed E-state index contributed by atoms with van der Waals surface area (Å²) >= 11 is 0. The molecule has 0 saturated heterocycles. The Morgan fingerprint density at radius 2 is 1.61 bits per heavy atom. The van der Waals surface area contributed by atoms with E-state index < -0.39 is 5.97 Å². The fourth-order valence-corrected chi connectivity index (χ4v) is 3.47. The van der Waals surface area contributed by atoms with Crippen LogP contribution in [-0.4, -0.2) is 23.8 Å². The van der Waals surface area contributed by atoms with Crippen LogP contribution >= 0.6 is 0 Å². The predicted octanol–water partition coefficient (Wildman–Crippen LogP) is 4.64. The molecule has 7 heteroatoms. The van der Waals surface area contributed by atoms with Crippen LogP contribution in [-0.2, 0) is 16.0 Å². The second-order valence-electron chi connectivity index (χ2n) is 7.59. The highest BCUT2D eigenvalue weighted by Gasteiger charge is 2.14. The summed E-state index contributed by atoms with van der Waals surface area (Å²) in [6.07, 6.45) is 2.60. The number of carbonyl (C=O) groups is 2. The van der Waals surface area contributed by atoms with Gasteiger partial charge in [-0.25, -0.2) is 0 Å². The minimum atomic E-state index is -0.918. The number of carboxylic acid groups (broad SMARTS) is 1. The molecule has 7 nitrogen and oxygen atoms in total. The van der Waals surface area contributed by atoms with Crippen LogP contribution in [0.15, 0.2) is 66.7 Å². The third-order valence-corrected chi connectivity index (χ3v) is 5.12. The number of aliphatic carboxylic acids is 1. The number of amides is 1. The summed E-state index contributed by atoms with van der Waals surface area (Å²) in [5, 5.41) is 9.38. The van der Waals surface area contributed by atoms with Crippen molar-refractivity contribution >= 4 is 23.5 Å². The maximum absolute atomic E-state index is 11.4. The molecular formula is C26H23NO6. The zero-order valence-corrected chi connectivity index (χ0v) is 17.8. The number of rotatable bonds is 9. The van der Waals surface area contributed by atoms with Gasteiger partial charge in [-0.15, -0.1) is 0 Å². The monoisotopic (exact) mass is 445 g/mol. The predicted molar refractivity (Wildman–Crippen MR) is 123 cm³/mol. The number of carboxylic acids is 1. The Bertz CT molecular complexity index is 1180. The molecule has 4 rings (SSSR count). The van der Waals surface area contributed by atoms with Gasteiger partial charge in [0.25, 0.3) is 0 Å². The molecule has 1 aliphatic heterocycles. The largest absolute Gasteiger partial charge is 0.481 e. The van der Waals surface area contributed by atoms with Crippen LogP contribution in [0.4, 0.5) is 0 Å². The Morgan fingerprint density at radius 1 is 0.939 bits per heavy atom. The van der Waals surface area contributed by atoms with E-state index in [1.807, 2.05) is 60.7 Å². The molecular weight excluding hydrogens is 422 g/mol. The minimum absolute atomic E-state index is 0.124. The van der Waals surface area contributed by atoms with Crippen LogP contribution in [0.3, 0.4) is 0 Å². The molecule has 0 radical (unpaired) electrons. The Morgan fingerprint density at radius 3 is 2.27 bits per heavy atom. The van der Waals surface area contributed by atoms with Gasteiger partial charge in [-0.05, 0) is 65.1 Å². The van der Waals surface area contributed by atoms with Crippen molar-refractivity contribution in [2.24, 2.45) is 5.73 Å². The molecule has 1 amide bonds. The van der Waals surface area contributed by atoms with Crippen molar-refractivity contribution in [2.45, 2.75) is 19.3 Å². The maximum Gasteiger partial charge on any atom is 0.307 e. The van der Waals surface area contributed by atoms with Crippen molar-refractivity contribution in [3.63, 3.8) is 0 Å². The second kappa shape index (κ2) is 9.91. The van der Waals surface area contributed by atoms with Crippen LogP contribution in [0.1, 0.15) is 29.5 Å². The Balaban J connectivity index is 1.48. The summed E-state index contributed by atoms with van der Waals surface area (Å²) in [6, 6.07) is 20.2. The zero-order chi connectivity index (χ0) is 23.2. The third-order valence-electron chi connectivity index (χ3n) is 5.12. The van der Waals surface area contributed by atoms with E-state index in [1.54, 1.807) is 12.1 Å². The van der Waals surface area contributed by atoms with Crippen molar-refractivity contribution in [3.05, 3.63) is 83.4 Å². The van der Waals surface area contributed by atoms with Gasteiger partial charge in [0.1, 0.15) is 11.5 Å². The molecule has 0 saturated carbocycles. The number of ether oxygens (including phenoxy) is 3. The van der Waals surface area contributed by atoms with Gasteiger partial charge in [0.15, 0.2) is 11.5 Å². The van der Waals surface area contributed by atoms with Gasteiger partial charge in [-0.2, -0.15) is 0 Å². The number of primary amides is 1. The number of benzene rings is 3. The lowest BCUT2D eigenvalue weighted by molar-refractivity contribution is -0.135. The molecule has 3 aromatic carbocycles. The normalized spacial score (nSPS) is 12.4. The van der Waals surface area contributed by atoms with Crippen LogP contribution in [0, 0.1) is 0 Å². The highest BCUT2D eigenvalue weighted by atomic mass is 16.7. The number of nitrogens with two attached hydrogens (primary N) is 1. The summed E-state index contributed by atoms with van der Waals surface area (Å²) in [6.45, 7) is 0.183. The molecule has 0 spiro atoms. The SMILES string of the molecule is NC(=O)CCc1ccc(Oc2ccc(/C(=C\c3ccc4c(c3)OCO4)CC(=O)O)cc2)cc1. The Labute approximate surface area is 191 Å². The molecule has 0 aromatic heterocycles. The number of aryl methyl sites for hydroxylation is 1. The van der Waals surface area contributed by atoms with E-state index in [0.29, 0.717) is 41.4 Å². The molecule has 0 fully saturated rings. The fraction of sp³-hybridized carbons (Fsp3) is 0.154. The van der Waals surface area contributed by atoms with E-state index >= 15 is 0 Å². The van der Waals surface area contributed by atoms with E-state index in [1.165, 1.54) is 0 Å². The average molecular weight is 445 g/mol. The van der Waals surface area contributed by atoms with E-state index in [9.17, 15) is 14.7 Å². The smallest absolute Gasteiger partial charge is 0.307 e. The van der Waals surface area contributed by atoms with Gasteiger partial charge in [-0.3, -0.25) is 9.59 Å². The summed E-state index contributed by atoms with van der Waals surface area (Å²) in [4.78, 5) is 22.4. The van der Waals surface area contributed by atoms with E-state index in [-0.39, 0.29) is 19.1 Å². The van der Waals surface area contributed by atoms with Crippen molar-refractivity contribution < 1.29 is 28.9 Å². The standard InChI is InChI=1S/C26H23NO6/c27-25(28)12-4-17-1-7-21(8-2-17)33-22-9-5-19(6-10-22)20(15-26(29)30)13-18-3-11-23-24(14-18)32-16-31-23/h1-3,5-11,13-14H,4,12,15-16H2,(H2,27,28)(H,29,30)/b20-13-. The quantitative estimate of drug-likeness (QED) is 0.465. The summed E-state index contributed by atoms with van der Waals surface area (Å²) in [5.74, 6) is 1.36. The molecule has 33 heavy (non-hydrogen) atoms. The molecule has 0 bridgehead atoms. The fourth-order valence-electron chi connectivity index (χ4n) is 3.47. The lowest BCUT2D eigenvalue weighted by Gasteiger charge is -2.10. The van der Waals surface area contributed by atoms with Gasteiger partial charge in [0.05, 0.1) is 6.42 Å². The average Bonchev–Trinajstić information content (AvgIpc) is 3.26. The minimum Gasteiger partial charge on any atom is -0.481 e. The van der Waals surface area contributed by atoms with Crippen molar-refractivity contribution in [1.29, 1.82) is 0 Å². The first-order chi connectivity index (χ1) is 16.0. The van der Waals surface area contributed by atoms with Crippen molar-refractivity contribution in [3.8, 4) is 23.0 Å². The molecule has 3 aromatic rings. The summed E-state index contributed by atoms with van der Waals surface area (Å²) < 4.78 is 16.6. The first kappa shape index (κ1) is 22.0. The van der Waals surface area contributed by atoms with E-state index in [2.05, 4.69) is 0 Å². The first-order valence-corrected chi connectivity index (χ1v) is 10.4. The van der Waals surface area contributed by atoms with E-state index in [0.717, 1.165) is 16.7 Å². The van der Waals surface area contributed by atoms with Gasteiger partial charge >= 0.3 is 5.97 Å². The molecule has 0 unspecified atom stereocenters. The van der Waals surface area contributed by atoms with Crippen LogP contribution in [0.5, 0.6) is 23.0 Å². The Hall–Kier alpha value is -4.26. The molecule has 1 aliphatic rings. The third kappa shape index (κ3) is 5.92. The second-order valence-corrected chi connectivity index (χ2v) is 7.59. The van der Waals surface area contributed by atoms with Crippen molar-refractivity contribution in [1.82, 2.24) is 0 Å². The lowest BCUT2D eigenvalue weighted by atomic mass is 9.99. The molecule has 0 aliphatic carbocycles. The van der Waals surface area contributed by atoms with Gasteiger partial charge in [-0.1, -0.05) is 36.4 Å². The molecule has 3 N–H and O–H groups in total. The summed E-state index contributed by atoms with van der Waals surface area (Å²) in [5.41, 5.74) is 8.46. The molecule has 168 valence electrons. The van der Waals surface area contributed by atoms with Crippen LogP contribution in [0.25, 0.3) is 11.6 Å². The number of hydrogen-bond donors (Lipinski definition) is 2. The highest BCUT2D eigenvalue weighted by Crippen LogP contribution is 2.34. The topological polar surface area (TPSA) is 108 Å². The summed E-state index contributed by atoms with van der Waals surface area (Å²) in [7, 11) is 0. The zero-order valence-electron chi connectivity index (χ0n) is 17.8. The number of fused-ring (bicyclic) bond motifs is 1. The van der Waals surface area contributed by atoms with E-state index in [4.69, 9.17) is 19.9 Å². The van der Waals surface area contributed by atoms with Gasteiger partial charge in [0, 0.05) is 6.42 Å². The Kier molecular flexibility index (Phi) is 6.59. The van der Waals surface area contributed by atoms with Gasteiger partial charge < -0.3 is 25.1 Å². The number of carbonyl (C=O) groups excluding carboxylic acids is 1. The maximum atomic E-state index is 11.4. The molecule has 1 heterocycles. The van der Waals surface area contributed by atoms with Crippen LogP contribution < -0.4 is 19.9 Å². The molecule has 0 atom stereocenters. The van der Waals surface area contributed by atoms with Gasteiger partial charge in [0.2, 0.25) is 12.7 Å². The van der Waals surface area contributed by atoms with Crippen molar-refractivity contribution in [2.75, 3.05) is 6.79 Å². The van der Waals surface area contributed by atoms with Crippen LogP contribution in [0.2, 0.25) is 0 Å². The number of hydrogen-bond acceptors (Lipinski definition) is 5. The highest BCUT2D eigenvalue weighted by molar-refractivity contribution is 5.91. The lowest BCUT2D eigenvalue weighted by Crippen LogP contribution is -2.11.